The van der Waals surface area contributed by atoms with Gasteiger partial charge in [0.25, 0.3) is 8.38 Å². The van der Waals surface area contributed by atoms with Gasteiger partial charge in [0.05, 0.1) is 6.61 Å². The molecule has 2 nitrogen and oxygen atoms in total. The van der Waals surface area contributed by atoms with Crippen LogP contribution in [0.3, 0.4) is 0 Å². The van der Waals surface area contributed by atoms with Crippen LogP contribution in [-0.2, 0) is 4.52 Å². The first-order chi connectivity index (χ1) is 4.95. The quantitative estimate of drug-likeness (QED) is 0.514. The van der Waals surface area contributed by atoms with Gasteiger partial charge in [0.1, 0.15) is 0 Å². The lowest BCUT2D eigenvalue weighted by Gasteiger charge is -2.07. The molecule has 1 unspecified atom stereocenters. The van der Waals surface area contributed by atoms with Crippen molar-refractivity contribution in [3.8, 4) is 11.6 Å². The third-order valence-corrected chi connectivity index (χ3v) is 1.58. The minimum absolute atomic E-state index is 0.0551. The molecule has 1 atom stereocenters. The van der Waals surface area contributed by atoms with Gasteiger partial charge in [-0.3, -0.25) is 0 Å². The summed E-state index contributed by atoms with van der Waals surface area (Å²) in [7, 11) is -1.51. The van der Waals surface area contributed by atoms with Crippen LogP contribution < -0.4 is 0 Å². The van der Waals surface area contributed by atoms with Crippen LogP contribution in [0.25, 0.3) is 0 Å². The Morgan fingerprint density at radius 1 is 1.45 bits per heavy atom. The first-order valence-electron chi connectivity index (χ1n) is 3.60. The predicted molar refractivity (Wildman–Crippen MR) is 48.0 cm³/mol. The molecule has 0 aromatic rings. The van der Waals surface area contributed by atoms with E-state index in [1.54, 1.807) is 0 Å². The highest BCUT2D eigenvalue weighted by molar-refractivity contribution is 7.51. The average Bonchev–Trinajstić information content (AvgIpc) is 1.83. The maximum atomic E-state index is 9.08. The fourth-order valence-electron chi connectivity index (χ4n) is 0.370. The molecule has 0 aromatic carbocycles. The molecule has 0 aromatic heterocycles. The third-order valence-electron chi connectivity index (χ3n) is 0.778. The Morgan fingerprint density at radius 2 is 2.00 bits per heavy atom. The lowest BCUT2D eigenvalue weighted by molar-refractivity contribution is 0.338. The summed E-state index contributed by atoms with van der Waals surface area (Å²) in [4.78, 5) is 9.08. The van der Waals surface area contributed by atoms with Crippen LogP contribution in [0.1, 0.15) is 27.7 Å². The molecule has 0 saturated carbocycles. The number of rotatable bonds is 2. The Morgan fingerprint density at radius 3 is 2.36 bits per heavy atom. The van der Waals surface area contributed by atoms with Crippen molar-refractivity contribution in [2.24, 2.45) is 5.41 Å². The summed E-state index contributed by atoms with van der Waals surface area (Å²) >= 11 is 0. The zero-order valence-corrected chi connectivity index (χ0v) is 8.40. The Labute approximate surface area is 69.9 Å². The Kier molecular flexibility index (Phi) is 4.68. The normalized spacial score (nSPS) is 13.5. The molecule has 0 aliphatic carbocycles. The Hall–Kier alpha value is -0.0900. The topological polar surface area (TPSA) is 29.5 Å². The highest BCUT2D eigenvalue weighted by Gasteiger charge is 2.05. The lowest BCUT2D eigenvalue weighted by atomic mass is 9.99. The summed E-state index contributed by atoms with van der Waals surface area (Å²) in [5.74, 6) is 2.91. The van der Waals surface area contributed by atoms with E-state index in [-0.39, 0.29) is 5.41 Å². The van der Waals surface area contributed by atoms with Gasteiger partial charge in [-0.2, -0.15) is 0 Å². The second kappa shape index (κ2) is 4.72. The molecule has 0 rings (SSSR count). The zero-order chi connectivity index (χ0) is 8.91. The molecule has 0 fully saturated rings. The number of hydrogen-bond donors (Lipinski definition) is 1. The van der Waals surface area contributed by atoms with Crippen LogP contribution in [0.4, 0.5) is 0 Å². The van der Waals surface area contributed by atoms with E-state index in [0.29, 0.717) is 6.61 Å². The van der Waals surface area contributed by atoms with Crippen molar-refractivity contribution in [3.05, 3.63) is 0 Å². The molecule has 0 aliphatic heterocycles. The van der Waals surface area contributed by atoms with Crippen molar-refractivity contribution in [1.29, 1.82) is 0 Å². The van der Waals surface area contributed by atoms with Crippen LogP contribution in [0, 0.1) is 17.0 Å². The first kappa shape index (κ1) is 10.9. The van der Waals surface area contributed by atoms with Crippen molar-refractivity contribution in [1.82, 2.24) is 0 Å². The summed E-state index contributed by atoms with van der Waals surface area (Å²) in [6.07, 6.45) is 0. The molecular formula is C8H15O2P. The largest absolute Gasteiger partial charge is 0.340 e. The molecular weight excluding hydrogens is 159 g/mol. The van der Waals surface area contributed by atoms with Crippen molar-refractivity contribution >= 4 is 8.38 Å². The summed E-state index contributed by atoms with van der Waals surface area (Å²) in [5, 5.41) is 0. The molecule has 0 heterocycles. The summed E-state index contributed by atoms with van der Waals surface area (Å²) in [6.45, 7) is 8.34. The number of hydrogen-bond acceptors (Lipinski definition) is 2. The van der Waals surface area contributed by atoms with Gasteiger partial charge in [-0.05, 0) is 33.4 Å². The Balaban J connectivity index is 3.87. The average molecular weight is 174 g/mol. The van der Waals surface area contributed by atoms with Crippen molar-refractivity contribution < 1.29 is 9.42 Å². The van der Waals surface area contributed by atoms with Crippen LogP contribution in [0.2, 0.25) is 0 Å². The molecule has 0 aliphatic rings. The monoisotopic (exact) mass is 174 g/mol. The van der Waals surface area contributed by atoms with E-state index >= 15 is 0 Å². The summed E-state index contributed by atoms with van der Waals surface area (Å²) in [5.41, 5.74) is 2.62. The minimum atomic E-state index is -1.51. The van der Waals surface area contributed by atoms with Crippen molar-refractivity contribution in [3.63, 3.8) is 0 Å². The SMILES string of the molecule is CCOP(O)C#CC(C)(C)C. The lowest BCUT2D eigenvalue weighted by Crippen LogP contribution is -1.99. The predicted octanol–water partition coefficient (Wildman–Crippen LogP) is 2.33. The smallest absolute Gasteiger partial charge is 0.253 e. The van der Waals surface area contributed by atoms with Crippen LogP contribution in [-0.4, -0.2) is 11.5 Å². The van der Waals surface area contributed by atoms with E-state index in [1.165, 1.54) is 0 Å². The van der Waals surface area contributed by atoms with Gasteiger partial charge in [-0.15, -0.1) is 0 Å². The first-order valence-corrected chi connectivity index (χ1v) is 4.81. The second-order valence-electron chi connectivity index (χ2n) is 3.18. The molecule has 0 spiro atoms. The van der Waals surface area contributed by atoms with Gasteiger partial charge in [0, 0.05) is 5.41 Å². The molecule has 0 radical (unpaired) electrons. The van der Waals surface area contributed by atoms with E-state index in [1.807, 2.05) is 27.7 Å². The van der Waals surface area contributed by atoms with Gasteiger partial charge >= 0.3 is 0 Å². The van der Waals surface area contributed by atoms with E-state index in [4.69, 9.17) is 9.42 Å². The molecule has 64 valence electrons. The standard InChI is InChI=1S/C8H15O2P/c1-5-10-11(9)7-6-8(2,3)4/h9H,5H2,1-4H3. The Bertz CT molecular complexity index is 161. The van der Waals surface area contributed by atoms with E-state index in [2.05, 4.69) is 11.6 Å². The molecule has 11 heavy (non-hydrogen) atoms. The van der Waals surface area contributed by atoms with Crippen LogP contribution in [0.5, 0.6) is 0 Å². The van der Waals surface area contributed by atoms with E-state index in [9.17, 15) is 0 Å². The molecule has 1 N–H and O–H groups in total. The summed E-state index contributed by atoms with van der Waals surface area (Å²) in [6, 6.07) is 0. The third kappa shape index (κ3) is 7.81. The highest BCUT2D eigenvalue weighted by Crippen LogP contribution is 2.29. The van der Waals surface area contributed by atoms with E-state index in [0.717, 1.165) is 0 Å². The highest BCUT2D eigenvalue weighted by atomic mass is 31.2. The minimum Gasteiger partial charge on any atom is -0.340 e. The van der Waals surface area contributed by atoms with Gasteiger partial charge in [0.15, 0.2) is 0 Å². The van der Waals surface area contributed by atoms with Gasteiger partial charge in [0.2, 0.25) is 0 Å². The summed E-state index contributed by atoms with van der Waals surface area (Å²) < 4.78 is 4.88. The fraction of sp³-hybridized carbons (Fsp3) is 0.750. The van der Waals surface area contributed by atoms with Gasteiger partial charge in [-0.1, -0.05) is 5.92 Å². The zero-order valence-electron chi connectivity index (χ0n) is 7.51. The second-order valence-corrected chi connectivity index (χ2v) is 4.21. The van der Waals surface area contributed by atoms with Crippen molar-refractivity contribution in [2.45, 2.75) is 27.7 Å². The van der Waals surface area contributed by atoms with Gasteiger partial charge in [-0.25, -0.2) is 0 Å². The van der Waals surface area contributed by atoms with E-state index < -0.39 is 8.38 Å². The van der Waals surface area contributed by atoms with Crippen LogP contribution in [0.15, 0.2) is 0 Å². The fourth-order valence-corrected chi connectivity index (χ4v) is 1.11. The maximum Gasteiger partial charge on any atom is 0.253 e. The maximum absolute atomic E-state index is 9.08. The molecule has 0 bridgehead atoms. The molecule has 3 heteroatoms. The van der Waals surface area contributed by atoms with Gasteiger partial charge < -0.3 is 9.42 Å². The molecule has 0 amide bonds. The van der Waals surface area contributed by atoms with Crippen molar-refractivity contribution in [2.75, 3.05) is 6.61 Å². The molecule has 0 saturated heterocycles. The van der Waals surface area contributed by atoms with Crippen LogP contribution >= 0.6 is 8.38 Å².